The summed E-state index contributed by atoms with van der Waals surface area (Å²) in [6.45, 7) is 3.66. The largest absolute Gasteiger partial charge is 0.469 e. The number of thioether (sulfide) groups is 1. The number of ether oxygens (including phenoxy) is 3. The van der Waals surface area contributed by atoms with E-state index >= 15 is 8.78 Å². The molecule has 6 rings (SSSR count). The van der Waals surface area contributed by atoms with Gasteiger partial charge in [-0.25, -0.2) is 13.5 Å². The number of rotatable bonds is 5. The molecule has 0 aliphatic carbocycles. The quantitative estimate of drug-likeness (QED) is 0.323. The van der Waals surface area contributed by atoms with Gasteiger partial charge in [-0.3, -0.25) is 19.8 Å². The first-order valence-corrected chi connectivity index (χ1v) is 15.0. The summed E-state index contributed by atoms with van der Waals surface area (Å²) in [4.78, 5) is 39.9. The highest BCUT2D eigenvalue weighted by Crippen LogP contribution is 2.40. The molecule has 1 aromatic heterocycles. The normalized spacial score (nSPS) is 17.3. The predicted octanol–water partition coefficient (Wildman–Crippen LogP) is 3.72. The Balaban J connectivity index is 1.56. The molecule has 1 fully saturated rings. The molecule has 3 aromatic rings. The lowest BCUT2D eigenvalue weighted by atomic mass is 9.89. The maximum Gasteiger partial charge on any atom is 0.392 e. The second kappa shape index (κ2) is 11.4. The lowest BCUT2D eigenvalue weighted by molar-refractivity contribution is -0.591. The van der Waals surface area contributed by atoms with E-state index in [1.807, 2.05) is 24.3 Å². The highest BCUT2D eigenvalue weighted by atomic mass is 32.2. The average Bonchev–Trinajstić information content (AvgIpc) is 3.20. The summed E-state index contributed by atoms with van der Waals surface area (Å²) in [6.07, 6.45) is -0.636. The maximum absolute atomic E-state index is 15.3. The summed E-state index contributed by atoms with van der Waals surface area (Å²) < 4.78 is 49.4. The van der Waals surface area contributed by atoms with Gasteiger partial charge in [0.05, 0.1) is 24.6 Å². The molecule has 0 radical (unpaired) electrons. The molecule has 230 valence electrons. The molecular formula is C31H30F2N3O7S+. The van der Waals surface area contributed by atoms with Crippen molar-refractivity contribution in [3.63, 3.8) is 0 Å². The van der Waals surface area contributed by atoms with E-state index in [4.69, 9.17) is 14.2 Å². The maximum atomic E-state index is 15.3. The molecule has 2 N–H and O–H groups in total. The summed E-state index contributed by atoms with van der Waals surface area (Å²) in [5.74, 6) is -4.27. The minimum Gasteiger partial charge on any atom is -0.469 e. The van der Waals surface area contributed by atoms with E-state index in [1.54, 1.807) is 4.58 Å². The van der Waals surface area contributed by atoms with E-state index < -0.39 is 46.3 Å². The summed E-state index contributed by atoms with van der Waals surface area (Å²) in [5, 5.41) is 11.5. The average molecular weight is 627 g/mol. The lowest BCUT2D eigenvalue weighted by Crippen LogP contribution is -2.54. The molecule has 10 nitrogen and oxygen atoms in total. The smallest absolute Gasteiger partial charge is 0.392 e. The fraction of sp³-hybridized carbons (Fsp3) is 0.355. The Morgan fingerprint density at radius 3 is 2.77 bits per heavy atom. The number of nitrogens with zero attached hydrogens (tertiary/aromatic N) is 2. The van der Waals surface area contributed by atoms with Crippen LogP contribution in [-0.4, -0.2) is 65.2 Å². The van der Waals surface area contributed by atoms with Gasteiger partial charge in [0, 0.05) is 27.8 Å². The number of aromatic nitrogens is 1. The molecule has 4 heterocycles. The SMILES string of the molecule is COC(=O)CC(C)(C)C(=O)Oc1c2n(c(-c3cc(F)c(F)c4c3Cc3ccccc3SC4)cc1=O)N[C@@H]1COCC[N+]1=C2O. The van der Waals surface area contributed by atoms with Gasteiger partial charge in [-0.2, -0.15) is 4.58 Å². The van der Waals surface area contributed by atoms with Crippen molar-refractivity contribution >= 4 is 29.6 Å². The molecule has 1 saturated heterocycles. The summed E-state index contributed by atoms with van der Waals surface area (Å²) >= 11 is 1.39. The number of carbonyl (C=O) groups excluding carboxylic acids is 2. The van der Waals surface area contributed by atoms with Crippen molar-refractivity contribution in [1.29, 1.82) is 0 Å². The molecule has 0 bridgehead atoms. The number of carbonyl (C=O) groups is 2. The van der Waals surface area contributed by atoms with Crippen molar-refractivity contribution in [3.05, 3.63) is 80.6 Å². The molecule has 0 unspecified atom stereocenters. The first-order chi connectivity index (χ1) is 21.0. The van der Waals surface area contributed by atoms with Gasteiger partial charge in [-0.15, -0.1) is 11.8 Å². The topological polar surface area (TPSA) is 119 Å². The third kappa shape index (κ3) is 5.13. The number of nitrogens with one attached hydrogen (secondary N) is 1. The minimum atomic E-state index is -1.38. The highest BCUT2D eigenvalue weighted by Gasteiger charge is 2.42. The van der Waals surface area contributed by atoms with Gasteiger partial charge in [0.1, 0.15) is 13.2 Å². The van der Waals surface area contributed by atoms with Crippen LogP contribution in [0.4, 0.5) is 8.78 Å². The van der Waals surface area contributed by atoms with Crippen LogP contribution < -0.4 is 15.6 Å². The van der Waals surface area contributed by atoms with Crippen molar-refractivity contribution in [2.75, 3.05) is 32.3 Å². The van der Waals surface area contributed by atoms with Crippen LogP contribution in [-0.2, 0) is 31.2 Å². The molecule has 3 aliphatic rings. The molecule has 3 aliphatic heterocycles. The predicted molar refractivity (Wildman–Crippen MR) is 157 cm³/mol. The van der Waals surface area contributed by atoms with Crippen LogP contribution >= 0.6 is 11.8 Å². The number of benzene rings is 2. The van der Waals surface area contributed by atoms with Gasteiger partial charge >= 0.3 is 17.8 Å². The van der Waals surface area contributed by atoms with Gasteiger partial charge < -0.3 is 19.3 Å². The Morgan fingerprint density at radius 2 is 2.00 bits per heavy atom. The zero-order valence-electron chi connectivity index (χ0n) is 24.2. The van der Waals surface area contributed by atoms with E-state index in [0.29, 0.717) is 12.2 Å². The number of esters is 2. The van der Waals surface area contributed by atoms with Crippen molar-refractivity contribution in [2.45, 2.75) is 43.5 Å². The second-order valence-electron chi connectivity index (χ2n) is 11.4. The van der Waals surface area contributed by atoms with Gasteiger partial charge in [0.2, 0.25) is 16.9 Å². The molecular weight excluding hydrogens is 596 g/mol. The molecule has 2 aromatic carbocycles. The number of hydrogen-bond donors (Lipinski definition) is 2. The molecule has 0 saturated carbocycles. The Hall–Kier alpha value is -4.23. The van der Waals surface area contributed by atoms with E-state index in [2.05, 4.69) is 5.43 Å². The van der Waals surface area contributed by atoms with E-state index in [0.717, 1.165) is 22.6 Å². The van der Waals surface area contributed by atoms with Crippen LogP contribution in [0.25, 0.3) is 11.3 Å². The van der Waals surface area contributed by atoms with Crippen molar-refractivity contribution in [3.8, 4) is 17.0 Å². The monoisotopic (exact) mass is 626 g/mol. The third-order valence-corrected chi connectivity index (χ3v) is 9.19. The van der Waals surface area contributed by atoms with Gasteiger partial charge in [-0.1, -0.05) is 18.2 Å². The number of aliphatic hydroxyl groups excluding tert-OH is 1. The fourth-order valence-corrected chi connectivity index (χ4v) is 6.74. The second-order valence-corrected chi connectivity index (χ2v) is 12.4. The standard InChI is InChI=1S/C31H29F2N3O7S/c1-31(2,13-25(38)41-3)30(40)43-28-22(37)12-21(36-27(28)29(39)35-8-9-42-14-24(35)34-36)18-11-20(32)26(33)19-15-44-23-7-5-4-6-16(23)10-17(18)19/h4-7,11-12,24,34H,8-10,13-15H2,1-3H3/p+1/t24-/m0/s1. The van der Waals surface area contributed by atoms with Crippen LogP contribution in [0.3, 0.4) is 0 Å². The number of aliphatic hydroxyl groups is 1. The van der Waals surface area contributed by atoms with Crippen LogP contribution in [0.15, 0.2) is 46.1 Å². The van der Waals surface area contributed by atoms with Gasteiger partial charge in [0.15, 0.2) is 18.2 Å². The van der Waals surface area contributed by atoms with Crippen molar-refractivity contribution < 1.29 is 42.3 Å². The summed E-state index contributed by atoms with van der Waals surface area (Å²) in [7, 11) is 1.19. The van der Waals surface area contributed by atoms with Crippen molar-refractivity contribution in [1.82, 2.24) is 4.68 Å². The summed E-state index contributed by atoms with van der Waals surface area (Å²) in [6, 6.07) is 9.79. The fourth-order valence-electron chi connectivity index (χ4n) is 5.64. The molecule has 13 heteroatoms. The van der Waals surface area contributed by atoms with E-state index in [1.165, 1.54) is 37.4 Å². The number of morpholine rings is 1. The number of halogens is 2. The van der Waals surface area contributed by atoms with Crippen LogP contribution in [0, 0.1) is 17.0 Å². The van der Waals surface area contributed by atoms with Crippen LogP contribution in [0.1, 0.15) is 42.7 Å². The molecule has 44 heavy (non-hydrogen) atoms. The zero-order valence-corrected chi connectivity index (χ0v) is 25.1. The molecule has 0 spiro atoms. The Kier molecular flexibility index (Phi) is 7.70. The highest BCUT2D eigenvalue weighted by molar-refractivity contribution is 7.98. The molecule has 0 amide bonds. The Morgan fingerprint density at radius 1 is 1.23 bits per heavy atom. The van der Waals surface area contributed by atoms with Crippen molar-refractivity contribution in [2.24, 2.45) is 5.41 Å². The zero-order chi connectivity index (χ0) is 31.3. The Labute approximate surface area is 255 Å². The van der Waals surface area contributed by atoms with Gasteiger partial charge in [-0.05, 0) is 43.5 Å². The van der Waals surface area contributed by atoms with Gasteiger partial charge in [0.25, 0.3) is 6.17 Å². The number of pyridine rings is 1. The van der Waals surface area contributed by atoms with E-state index in [9.17, 15) is 19.5 Å². The molecule has 1 atom stereocenters. The number of hydrogen-bond acceptors (Lipinski definition) is 8. The van der Waals surface area contributed by atoms with E-state index in [-0.39, 0.29) is 60.2 Å². The third-order valence-electron chi connectivity index (χ3n) is 8.05. The number of methoxy groups -OCH3 is 1. The van der Waals surface area contributed by atoms with Crippen LogP contribution in [0.2, 0.25) is 0 Å². The number of fused-ring (bicyclic) bond motifs is 4. The lowest BCUT2D eigenvalue weighted by Gasteiger charge is -2.32. The van der Waals surface area contributed by atoms with Crippen LogP contribution in [0.5, 0.6) is 5.75 Å². The summed E-state index contributed by atoms with van der Waals surface area (Å²) in [5.41, 5.74) is 2.83. The Bertz CT molecular complexity index is 1800. The first kappa shape index (κ1) is 29.8. The minimum absolute atomic E-state index is 0.134. The first-order valence-electron chi connectivity index (χ1n) is 14.0.